The highest BCUT2D eigenvalue weighted by Crippen LogP contribution is 2.27. The maximum atomic E-state index is 12.0. The number of rotatable bonds is 6. The first-order valence-corrected chi connectivity index (χ1v) is 7.40. The average molecular weight is 320 g/mol. The van der Waals surface area contributed by atoms with E-state index in [1.807, 2.05) is 10.8 Å². The predicted octanol–water partition coefficient (Wildman–Crippen LogP) is 2.13. The molecule has 0 aliphatic carbocycles. The third-order valence-corrected chi connectivity index (χ3v) is 3.54. The minimum Gasteiger partial charge on any atom is -0.493 e. The minimum absolute atomic E-state index is 0.108. The van der Waals surface area contributed by atoms with Crippen molar-refractivity contribution in [2.75, 3.05) is 26.1 Å². The van der Waals surface area contributed by atoms with E-state index < -0.39 is 0 Å². The molecule has 0 atom stereocenters. The summed E-state index contributed by atoms with van der Waals surface area (Å²) in [6.45, 7) is -0.108. The summed E-state index contributed by atoms with van der Waals surface area (Å²) in [5, 5.41) is 8.91. The van der Waals surface area contributed by atoms with Crippen LogP contribution in [0.25, 0.3) is 0 Å². The Bertz CT molecular complexity index is 656. The van der Waals surface area contributed by atoms with Gasteiger partial charge in [0.25, 0.3) is 5.91 Å². The lowest BCUT2D eigenvalue weighted by molar-refractivity contribution is -0.115. The number of anilines is 1. The second-order valence-electron chi connectivity index (χ2n) is 4.31. The second-order valence-corrected chi connectivity index (χ2v) is 5.09. The molecule has 0 fully saturated rings. The van der Waals surface area contributed by atoms with E-state index in [1.54, 1.807) is 24.3 Å². The summed E-state index contributed by atoms with van der Waals surface area (Å²) < 4.78 is 10.2. The van der Waals surface area contributed by atoms with Crippen molar-refractivity contribution in [3.63, 3.8) is 0 Å². The lowest BCUT2D eigenvalue weighted by Gasteiger charge is -2.10. The van der Waals surface area contributed by atoms with Crippen LogP contribution in [0, 0.1) is 0 Å². The molecule has 1 aromatic carbocycles. The highest BCUT2D eigenvalue weighted by atomic mass is 32.1. The van der Waals surface area contributed by atoms with Gasteiger partial charge in [-0.2, -0.15) is 11.3 Å². The van der Waals surface area contributed by atoms with Crippen LogP contribution in [0.1, 0.15) is 10.4 Å². The molecule has 0 spiro atoms. The average Bonchev–Trinajstić information content (AvgIpc) is 3.04. The summed E-state index contributed by atoms with van der Waals surface area (Å²) >= 11 is 1.48. The van der Waals surface area contributed by atoms with E-state index in [4.69, 9.17) is 9.47 Å². The number of thiophene rings is 1. The van der Waals surface area contributed by atoms with Crippen molar-refractivity contribution in [2.45, 2.75) is 0 Å². The number of hydrogen-bond donors (Lipinski definition) is 2. The molecular weight excluding hydrogens is 304 g/mol. The van der Waals surface area contributed by atoms with Gasteiger partial charge in [0.15, 0.2) is 11.5 Å². The molecule has 0 bridgehead atoms. The largest absolute Gasteiger partial charge is 0.493 e. The Morgan fingerprint density at radius 2 is 1.91 bits per heavy atom. The zero-order valence-electron chi connectivity index (χ0n) is 12.2. The number of carbonyl (C=O) groups excluding carboxylic acids is 2. The Morgan fingerprint density at radius 3 is 2.55 bits per heavy atom. The summed E-state index contributed by atoms with van der Waals surface area (Å²) in [7, 11) is 3.01. The van der Waals surface area contributed by atoms with Gasteiger partial charge in [0.1, 0.15) is 0 Å². The van der Waals surface area contributed by atoms with Crippen LogP contribution < -0.4 is 20.1 Å². The molecule has 1 aromatic heterocycles. The molecule has 116 valence electrons. The van der Waals surface area contributed by atoms with Crippen LogP contribution in [-0.4, -0.2) is 32.6 Å². The van der Waals surface area contributed by atoms with E-state index in [2.05, 4.69) is 10.6 Å². The van der Waals surface area contributed by atoms with Crippen LogP contribution in [0.2, 0.25) is 0 Å². The number of methoxy groups -OCH3 is 2. The molecule has 7 heteroatoms. The van der Waals surface area contributed by atoms with Crippen molar-refractivity contribution in [1.82, 2.24) is 5.32 Å². The van der Waals surface area contributed by atoms with Crippen LogP contribution in [-0.2, 0) is 4.79 Å². The van der Waals surface area contributed by atoms with Gasteiger partial charge in [0.05, 0.1) is 26.5 Å². The first-order chi connectivity index (χ1) is 10.6. The lowest BCUT2D eigenvalue weighted by atomic mass is 10.2. The maximum absolute atomic E-state index is 12.0. The third-order valence-electron chi connectivity index (χ3n) is 2.86. The van der Waals surface area contributed by atoms with Crippen molar-refractivity contribution in [1.29, 1.82) is 0 Å². The number of nitrogens with one attached hydrogen (secondary N) is 2. The smallest absolute Gasteiger partial charge is 0.251 e. The zero-order chi connectivity index (χ0) is 15.9. The molecule has 22 heavy (non-hydrogen) atoms. The van der Waals surface area contributed by atoms with Crippen LogP contribution in [0.4, 0.5) is 5.69 Å². The van der Waals surface area contributed by atoms with Crippen molar-refractivity contribution >= 4 is 28.8 Å². The van der Waals surface area contributed by atoms with Crippen LogP contribution in [0.3, 0.4) is 0 Å². The Labute approximate surface area is 132 Å². The Balaban J connectivity index is 1.93. The summed E-state index contributed by atoms with van der Waals surface area (Å²) in [5.74, 6) is 0.348. The van der Waals surface area contributed by atoms with E-state index in [0.717, 1.165) is 5.69 Å². The molecule has 6 nitrogen and oxygen atoms in total. The van der Waals surface area contributed by atoms with E-state index in [0.29, 0.717) is 17.1 Å². The number of benzene rings is 1. The lowest BCUT2D eigenvalue weighted by Crippen LogP contribution is -2.32. The maximum Gasteiger partial charge on any atom is 0.251 e. The van der Waals surface area contributed by atoms with Gasteiger partial charge in [-0.25, -0.2) is 0 Å². The van der Waals surface area contributed by atoms with E-state index in [1.165, 1.54) is 25.6 Å². The normalized spacial score (nSPS) is 9.91. The van der Waals surface area contributed by atoms with Gasteiger partial charge in [-0.3, -0.25) is 9.59 Å². The topological polar surface area (TPSA) is 76.7 Å². The summed E-state index contributed by atoms with van der Waals surface area (Å²) in [5.41, 5.74) is 1.11. The second kappa shape index (κ2) is 7.46. The van der Waals surface area contributed by atoms with Gasteiger partial charge in [-0.1, -0.05) is 0 Å². The van der Waals surface area contributed by atoms with E-state index in [-0.39, 0.29) is 18.4 Å². The third kappa shape index (κ3) is 3.98. The fraction of sp³-hybridized carbons (Fsp3) is 0.200. The van der Waals surface area contributed by atoms with E-state index in [9.17, 15) is 9.59 Å². The number of hydrogen-bond acceptors (Lipinski definition) is 5. The first kappa shape index (κ1) is 15.8. The molecule has 2 rings (SSSR count). The van der Waals surface area contributed by atoms with Gasteiger partial charge in [0, 0.05) is 10.9 Å². The Morgan fingerprint density at radius 1 is 1.14 bits per heavy atom. The van der Waals surface area contributed by atoms with E-state index >= 15 is 0 Å². The number of carbonyl (C=O) groups is 2. The van der Waals surface area contributed by atoms with Crippen molar-refractivity contribution in [3.8, 4) is 11.5 Å². The zero-order valence-corrected chi connectivity index (χ0v) is 13.0. The molecule has 0 saturated carbocycles. The number of ether oxygens (including phenoxy) is 2. The van der Waals surface area contributed by atoms with Gasteiger partial charge in [-0.15, -0.1) is 0 Å². The van der Waals surface area contributed by atoms with Crippen LogP contribution >= 0.6 is 11.3 Å². The predicted molar refractivity (Wildman–Crippen MR) is 84.8 cm³/mol. The standard InChI is InChI=1S/C15H16N2O4S/c1-20-12-4-3-10(7-13(12)21-2)15(19)16-8-14(18)17-11-5-6-22-9-11/h3-7,9H,8H2,1-2H3,(H,16,19)(H,17,18). The molecular formula is C15H16N2O4S. The van der Waals surface area contributed by atoms with Crippen LogP contribution in [0.5, 0.6) is 11.5 Å². The molecule has 2 aromatic rings. The molecule has 0 aliphatic heterocycles. The van der Waals surface area contributed by atoms with Gasteiger partial charge in [-0.05, 0) is 29.6 Å². The van der Waals surface area contributed by atoms with Crippen molar-refractivity contribution in [3.05, 3.63) is 40.6 Å². The fourth-order valence-electron chi connectivity index (χ4n) is 1.78. The monoisotopic (exact) mass is 320 g/mol. The van der Waals surface area contributed by atoms with Crippen molar-refractivity contribution < 1.29 is 19.1 Å². The Kier molecular flexibility index (Phi) is 5.37. The van der Waals surface area contributed by atoms with Crippen LogP contribution in [0.15, 0.2) is 35.0 Å². The summed E-state index contributed by atoms with van der Waals surface area (Å²) in [6, 6.07) is 6.59. The Hall–Kier alpha value is -2.54. The van der Waals surface area contributed by atoms with Gasteiger partial charge < -0.3 is 20.1 Å². The fourth-order valence-corrected chi connectivity index (χ4v) is 2.37. The summed E-state index contributed by atoms with van der Waals surface area (Å²) in [4.78, 5) is 23.7. The molecule has 2 amide bonds. The number of amides is 2. The quantitative estimate of drug-likeness (QED) is 0.855. The highest BCUT2D eigenvalue weighted by Gasteiger charge is 2.12. The first-order valence-electron chi connectivity index (χ1n) is 6.46. The van der Waals surface area contributed by atoms with Crippen molar-refractivity contribution in [2.24, 2.45) is 0 Å². The van der Waals surface area contributed by atoms with Gasteiger partial charge in [0.2, 0.25) is 5.91 Å². The van der Waals surface area contributed by atoms with Gasteiger partial charge >= 0.3 is 0 Å². The molecule has 0 unspecified atom stereocenters. The molecule has 0 radical (unpaired) electrons. The molecule has 0 aliphatic rings. The molecule has 0 saturated heterocycles. The highest BCUT2D eigenvalue weighted by molar-refractivity contribution is 7.08. The SMILES string of the molecule is COc1ccc(C(=O)NCC(=O)Nc2ccsc2)cc1OC. The molecule has 1 heterocycles. The molecule has 2 N–H and O–H groups in total. The minimum atomic E-state index is -0.360. The summed E-state index contributed by atoms with van der Waals surface area (Å²) in [6.07, 6.45) is 0.